The number of nitro benzene ring substituents is 1. The third-order valence-corrected chi connectivity index (χ3v) is 3.92. The van der Waals surface area contributed by atoms with Crippen LogP contribution in [0.3, 0.4) is 0 Å². The second-order valence-electron chi connectivity index (χ2n) is 5.26. The second-order valence-corrected chi connectivity index (χ2v) is 6.18. The highest BCUT2D eigenvalue weighted by Gasteiger charge is 2.10. The van der Waals surface area contributed by atoms with Gasteiger partial charge in [-0.05, 0) is 35.9 Å². The first kappa shape index (κ1) is 17.8. The Morgan fingerprint density at radius 2 is 2.08 bits per heavy atom. The van der Waals surface area contributed by atoms with Crippen molar-refractivity contribution in [3.8, 4) is 11.3 Å². The van der Waals surface area contributed by atoms with Crippen LogP contribution >= 0.6 is 15.9 Å². The molecule has 26 heavy (non-hydrogen) atoms. The fourth-order valence-corrected chi connectivity index (χ4v) is 2.55. The van der Waals surface area contributed by atoms with E-state index in [1.165, 1.54) is 24.4 Å². The number of furan rings is 1. The van der Waals surface area contributed by atoms with E-state index in [4.69, 9.17) is 9.25 Å². The van der Waals surface area contributed by atoms with Gasteiger partial charge in [0.1, 0.15) is 30.2 Å². The first-order valence-electron chi connectivity index (χ1n) is 7.47. The summed E-state index contributed by atoms with van der Waals surface area (Å²) in [6, 6.07) is 14.0. The molecule has 0 aliphatic carbocycles. The standard InChI is InChI=1S/C18H12BrFN2O4/c19-13-4-6-16(17(20)9-13)18-7-5-15(26-18)10-21-25-11-12-2-1-3-14(8-12)22(23)24/h1-10H,11H2/b21-10-. The van der Waals surface area contributed by atoms with Crippen LogP contribution in [-0.2, 0) is 11.4 Å². The van der Waals surface area contributed by atoms with Crippen LogP contribution < -0.4 is 0 Å². The Balaban J connectivity index is 1.62. The van der Waals surface area contributed by atoms with Gasteiger partial charge in [0, 0.05) is 16.6 Å². The Bertz CT molecular complexity index is 971. The van der Waals surface area contributed by atoms with Gasteiger partial charge in [-0.3, -0.25) is 10.1 Å². The van der Waals surface area contributed by atoms with E-state index in [2.05, 4.69) is 21.1 Å². The summed E-state index contributed by atoms with van der Waals surface area (Å²) in [7, 11) is 0. The molecule has 0 aliphatic heterocycles. The number of rotatable bonds is 6. The van der Waals surface area contributed by atoms with Crippen LogP contribution in [0.1, 0.15) is 11.3 Å². The lowest BCUT2D eigenvalue weighted by Crippen LogP contribution is -1.92. The maximum atomic E-state index is 13.9. The van der Waals surface area contributed by atoms with Gasteiger partial charge in [0.25, 0.3) is 5.69 Å². The molecule has 0 spiro atoms. The van der Waals surface area contributed by atoms with E-state index in [0.717, 1.165) is 0 Å². The summed E-state index contributed by atoms with van der Waals surface area (Å²) in [6.07, 6.45) is 1.34. The molecule has 0 bridgehead atoms. The van der Waals surface area contributed by atoms with Gasteiger partial charge in [-0.25, -0.2) is 4.39 Å². The lowest BCUT2D eigenvalue weighted by atomic mass is 10.1. The Morgan fingerprint density at radius 1 is 1.23 bits per heavy atom. The zero-order valence-electron chi connectivity index (χ0n) is 13.3. The zero-order valence-corrected chi connectivity index (χ0v) is 14.8. The SMILES string of the molecule is O=[N+]([O-])c1cccc(CO/N=C\c2ccc(-c3ccc(Br)cc3F)o2)c1. The number of oxime groups is 1. The maximum absolute atomic E-state index is 13.9. The van der Waals surface area contributed by atoms with E-state index in [-0.39, 0.29) is 12.3 Å². The van der Waals surface area contributed by atoms with E-state index in [1.54, 1.807) is 36.4 Å². The molecule has 0 atom stereocenters. The van der Waals surface area contributed by atoms with Crippen LogP contribution in [0.4, 0.5) is 10.1 Å². The van der Waals surface area contributed by atoms with Crippen molar-refractivity contribution in [1.29, 1.82) is 0 Å². The lowest BCUT2D eigenvalue weighted by Gasteiger charge is -2.00. The highest BCUT2D eigenvalue weighted by atomic mass is 79.9. The van der Waals surface area contributed by atoms with Crippen molar-refractivity contribution in [3.05, 3.63) is 86.3 Å². The minimum absolute atomic E-state index is 0.0118. The normalized spacial score (nSPS) is 11.0. The largest absolute Gasteiger partial charge is 0.455 e. The average molecular weight is 419 g/mol. The van der Waals surface area contributed by atoms with Crippen molar-refractivity contribution < 1.29 is 18.6 Å². The maximum Gasteiger partial charge on any atom is 0.269 e. The van der Waals surface area contributed by atoms with Crippen molar-refractivity contribution in [3.63, 3.8) is 0 Å². The first-order chi connectivity index (χ1) is 12.5. The third-order valence-electron chi connectivity index (χ3n) is 3.43. The van der Waals surface area contributed by atoms with E-state index in [0.29, 0.717) is 27.1 Å². The fraction of sp³-hybridized carbons (Fsp3) is 0.0556. The number of nitrogens with zero attached hydrogens (tertiary/aromatic N) is 2. The molecular weight excluding hydrogens is 407 g/mol. The lowest BCUT2D eigenvalue weighted by molar-refractivity contribution is -0.384. The van der Waals surface area contributed by atoms with Crippen LogP contribution in [-0.4, -0.2) is 11.1 Å². The number of halogens is 2. The van der Waals surface area contributed by atoms with Crippen LogP contribution in [0, 0.1) is 15.9 Å². The number of hydrogen-bond donors (Lipinski definition) is 0. The quantitative estimate of drug-likeness (QED) is 0.308. The number of benzene rings is 2. The minimum Gasteiger partial charge on any atom is -0.455 e. The van der Waals surface area contributed by atoms with Gasteiger partial charge in [0.05, 0.1) is 10.5 Å². The van der Waals surface area contributed by atoms with Crippen LogP contribution in [0.2, 0.25) is 0 Å². The first-order valence-corrected chi connectivity index (χ1v) is 8.26. The molecule has 0 saturated carbocycles. The smallest absolute Gasteiger partial charge is 0.269 e. The topological polar surface area (TPSA) is 77.9 Å². The molecule has 0 amide bonds. The average Bonchev–Trinajstić information content (AvgIpc) is 3.07. The van der Waals surface area contributed by atoms with Crippen molar-refractivity contribution in [1.82, 2.24) is 0 Å². The highest BCUT2D eigenvalue weighted by Crippen LogP contribution is 2.26. The molecule has 0 unspecified atom stereocenters. The Morgan fingerprint density at radius 3 is 2.85 bits per heavy atom. The van der Waals surface area contributed by atoms with E-state index in [1.807, 2.05) is 0 Å². The molecule has 0 saturated heterocycles. The summed E-state index contributed by atoms with van der Waals surface area (Å²) in [4.78, 5) is 15.4. The van der Waals surface area contributed by atoms with Gasteiger partial charge in [-0.2, -0.15) is 0 Å². The monoisotopic (exact) mass is 418 g/mol. The number of nitro groups is 1. The molecule has 0 radical (unpaired) electrons. The van der Waals surface area contributed by atoms with Gasteiger partial charge in [-0.1, -0.05) is 33.2 Å². The molecule has 0 fully saturated rings. The van der Waals surface area contributed by atoms with Gasteiger partial charge in [-0.15, -0.1) is 0 Å². The van der Waals surface area contributed by atoms with E-state index < -0.39 is 10.7 Å². The van der Waals surface area contributed by atoms with Crippen molar-refractivity contribution in [2.45, 2.75) is 6.61 Å². The highest BCUT2D eigenvalue weighted by molar-refractivity contribution is 9.10. The molecular formula is C18H12BrFN2O4. The molecule has 132 valence electrons. The van der Waals surface area contributed by atoms with Crippen LogP contribution in [0.25, 0.3) is 11.3 Å². The molecule has 3 rings (SSSR count). The van der Waals surface area contributed by atoms with Crippen LogP contribution in [0.5, 0.6) is 0 Å². The molecule has 0 aliphatic rings. The predicted octanol–water partition coefficient (Wildman–Crippen LogP) is 5.31. The third kappa shape index (κ3) is 4.34. The molecule has 3 aromatic rings. The predicted molar refractivity (Wildman–Crippen MR) is 97.3 cm³/mol. The second kappa shape index (κ2) is 7.92. The van der Waals surface area contributed by atoms with Crippen molar-refractivity contribution in [2.24, 2.45) is 5.16 Å². The Kier molecular flexibility index (Phi) is 5.43. The molecule has 1 aromatic heterocycles. The van der Waals surface area contributed by atoms with Crippen molar-refractivity contribution >= 4 is 27.8 Å². The summed E-state index contributed by atoms with van der Waals surface area (Å²) in [5.41, 5.74) is 0.945. The number of non-ortho nitro benzene ring substituents is 1. The number of hydrogen-bond acceptors (Lipinski definition) is 5. The summed E-state index contributed by atoms with van der Waals surface area (Å²) in [5, 5.41) is 14.5. The van der Waals surface area contributed by atoms with Crippen molar-refractivity contribution in [2.75, 3.05) is 0 Å². The minimum atomic E-state index is -0.474. The van der Waals surface area contributed by atoms with Gasteiger partial charge >= 0.3 is 0 Å². The van der Waals surface area contributed by atoms with Gasteiger partial charge < -0.3 is 9.25 Å². The molecule has 6 nitrogen and oxygen atoms in total. The Hall–Kier alpha value is -3.00. The van der Waals surface area contributed by atoms with E-state index >= 15 is 0 Å². The van der Waals surface area contributed by atoms with Gasteiger partial charge in [0.15, 0.2) is 0 Å². The fourth-order valence-electron chi connectivity index (χ4n) is 2.22. The van der Waals surface area contributed by atoms with E-state index in [9.17, 15) is 14.5 Å². The molecule has 2 aromatic carbocycles. The molecule has 1 heterocycles. The summed E-state index contributed by atoms with van der Waals surface area (Å²) < 4.78 is 20.1. The summed E-state index contributed by atoms with van der Waals surface area (Å²) in [5.74, 6) is 0.357. The summed E-state index contributed by atoms with van der Waals surface area (Å²) in [6.45, 7) is 0.0765. The van der Waals surface area contributed by atoms with Crippen LogP contribution in [0.15, 0.2) is 68.6 Å². The zero-order chi connectivity index (χ0) is 18.5. The Labute approximate surface area is 156 Å². The van der Waals surface area contributed by atoms with Gasteiger partial charge in [0.2, 0.25) is 0 Å². The summed E-state index contributed by atoms with van der Waals surface area (Å²) >= 11 is 3.20. The molecule has 0 N–H and O–H groups in total. The molecule has 8 heteroatoms.